The minimum absolute atomic E-state index is 0.550. The van der Waals surface area contributed by atoms with E-state index in [1.54, 1.807) is 4.88 Å². The van der Waals surface area contributed by atoms with Crippen LogP contribution in [0.5, 0.6) is 0 Å². The number of aryl methyl sites for hydroxylation is 1. The molecule has 1 aromatic heterocycles. The molecule has 1 atom stereocenters. The Bertz CT molecular complexity index is 332. The lowest BCUT2D eigenvalue weighted by Crippen LogP contribution is -2.34. The summed E-state index contributed by atoms with van der Waals surface area (Å²) in [5.41, 5.74) is 2.07. The van der Waals surface area contributed by atoms with Gasteiger partial charge in [-0.3, -0.25) is 0 Å². The highest BCUT2D eigenvalue weighted by Gasteiger charge is 2.52. The summed E-state index contributed by atoms with van der Waals surface area (Å²) in [5.74, 6) is 0. The average Bonchev–Trinajstić information content (AvgIpc) is 2.69. The van der Waals surface area contributed by atoms with Crippen molar-refractivity contribution < 1.29 is 0 Å². The molecule has 1 aliphatic heterocycles. The molecule has 0 amide bonds. The number of rotatable bonds is 2. The van der Waals surface area contributed by atoms with E-state index in [9.17, 15) is 0 Å². The van der Waals surface area contributed by atoms with Crippen LogP contribution in [0.4, 0.5) is 0 Å². The first kappa shape index (κ1) is 8.93. The van der Waals surface area contributed by atoms with E-state index in [0.717, 1.165) is 6.04 Å². The Hall–Kier alpha value is -0.340. The van der Waals surface area contributed by atoms with Crippen LogP contribution < -0.4 is 5.32 Å². The second-order valence-electron chi connectivity index (χ2n) is 4.74. The quantitative estimate of drug-likeness (QED) is 0.786. The summed E-state index contributed by atoms with van der Waals surface area (Å²) in [6.45, 7) is 3.50. The first-order valence-corrected chi connectivity index (χ1v) is 6.49. The Morgan fingerprint density at radius 2 is 2.36 bits per heavy atom. The molecule has 2 fully saturated rings. The van der Waals surface area contributed by atoms with Gasteiger partial charge in [-0.1, -0.05) is 0 Å². The monoisotopic (exact) mass is 207 g/mol. The van der Waals surface area contributed by atoms with Crippen molar-refractivity contribution >= 4 is 11.3 Å². The molecule has 76 valence electrons. The van der Waals surface area contributed by atoms with Gasteiger partial charge >= 0.3 is 0 Å². The van der Waals surface area contributed by atoms with Crippen LogP contribution in [0.25, 0.3) is 0 Å². The molecule has 1 nitrogen and oxygen atoms in total. The molecule has 2 heteroatoms. The van der Waals surface area contributed by atoms with Gasteiger partial charge in [0.1, 0.15) is 0 Å². The van der Waals surface area contributed by atoms with Crippen molar-refractivity contribution in [2.75, 3.05) is 6.54 Å². The molecule has 1 saturated carbocycles. The van der Waals surface area contributed by atoms with Crippen LogP contribution in [0.2, 0.25) is 0 Å². The predicted molar refractivity (Wildman–Crippen MR) is 61.0 cm³/mol. The summed E-state index contributed by atoms with van der Waals surface area (Å²) < 4.78 is 0. The molecule has 1 aromatic rings. The maximum atomic E-state index is 3.68. The molecule has 0 radical (unpaired) electrons. The molecular weight excluding hydrogens is 190 g/mol. The third-order valence-corrected chi connectivity index (χ3v) is 5.07. The Kier molecular flexibility index (Phi) is 1.96. The highest BCUT2D eigenvalue weighted by molar-refractivity contribution is 7.10. The van der Waals surface area contributed by atoms with Crippen molar-refractivity contribution in [2.45, 2.75) is 44.1 Å². The zero-order valence-electron chi connectivity index (χ0n) is 8.68. The van der Waals surface area contributed by atoms with E-state index in [1.807, 2.05) is 11.3 Å². The molecule has 0 aromatic carbocycles. The topological polar surface area (TPSA) is 12.0 Å². The maximum absolute atomic E-state index is 3.68. The Morgan fingerprint density at radius 1 is 1.50 bits per heavy atom. The average molecular weight is 207 g/mol. The van der Waals surface area contributed by atoms with Gasteiger partial charge in [-0.15, -0.1) is 11.3 Å². The summed E-state index contributed by atoms with van der Waals surface area (Å²) in [7, 11) is 0. The molecular formula is C12H17NS. The Morgan fingerprint density at radius 3 is 2.86 bits per heavy atom. The normalized spacial score (nSPS) is 29.4. The van der Waals surface area contributed by atoms with Gasteiger partial charge in [0.2, 0.25) is 0 Å². The van der Waals surface area contributed by atoms with E-state index in [2.05, 4.69) is 23.7 Å². The van der Waals surface area contributed by atoms with Gasteiger partial charge in [-0.2, -0.15) is 0 Å². The van der Waals surface area contributed by atoms with E-state index >= 15 is 0 Å². The van der Waals surface area contributed by atoms with Crippen LogP contribution in [0.15, 0.2) is 11.4 Å². The highest BCUT2D eigenvalue weighted by Crippen LogP contribution is 2.55. The molecule has 3 rings (SSSR count). The SMILES string of the molecule is Cc1ccsc1C1(C2CCCN2)CC1. The first-order chi connectivity index (χ1) is 6.83. The standard InChI is InChI=1S/C12H17NS/c1-9-4-8-14-11(9)12(5-6-12)10-3-2-7-13-10/h4,8,10,13H,2-3,5-7H2,1H3. The van der Waals surface area contributed by atoms with Crippen LogP contribution >= 0.6 is 11.3 Å². The van der Waals surface area contributed by atoms with Crippen molar-refractivity contribution in [1.29, 1.82) is 0 Å². The van der Waals surface area contributed by atoms with E-state index < -0.39 is 0 Å². The van der Waals surface area contributed by atoms with Crippen LogP contribution in [-0.4, -0.2) is 12.6 Å². The van der Waals surface area contributed by atoms with Gasteiger partial charge in [0, 0.05) is 16.3 Å². The molecule has 1 N–H and O–H groups in total. The fraction of sp³-hybridized carbons (Fsp3) is 0.667. The lowest BCUT2D eigenvalue weighted by atomic mass is 9.91. The van der Waals surface area contributed by atoms with Gasteiger partial charge in [0.05, 0.1) is 0 Å². The molecule has 1 saturated heterocycles. The summed E-state index contributed by atoms with van der Waals surface area (Å²) in [4.78, 5) is 1.66. The van der Waals surface area contributed by atoms with Crippen LogP contribution in [0.3, 0.4) is 0 Å². The van der Waals surface area contributed by atoms with Gasteiger partial charge in [-0.05, 0) is 56.2 Å². The minimum Gasteiger partial charge on any atom is -0.313 e. The number of hydrogen-bond acceptors (Lipinski definition) is 2. The van der Waals surface area contributed by atoms with Crippen molar-refractivity contribution in [1.82, 2.24) is 5.32 Å². The van der Waals surface area contributed by atoms with E-state index in [-0.39, 0.29) is 0 Å². The van der Waals surface area contributed by atoms with Crippen LogP contribution in [0, 0.1) is 6.92 Å². The molecule has 0 spiro atoms. The third kappa shape index (κ3) is 1.17. The fourth-order valence-electron chi connectivity index (χ4n) is 2.91. The molecule has 14 heavy (non-hydrogen) atoms. The summed E-state index contributed by atoms with van der Waals surface area (Å²) in [6, 6.07) is 3.05. The number of nitrogens with one attached hydrogen (secondary N) is 1. The van der Waals surface area contributed by atoms with Gasteiger partial charge in [-0.25, -0.2) is 0 Å². The van der Waals surface area contributed by atoms with Crippen LogP contribution in [0.1, 0.15) is 36.1 Å². The zero-order chi connectivity index (χ0) is 9.60. The molecule has 1 aliphatic carbocycles. The molecule has 1 unspecified atom stereocenters. The van der Waals surface area contributed by atoms with E-state index in [1.165, 1.54) is 37.8 Å². The largest absolute Gasteiger partial charge is 0.313 e. The number of thiophene rings is 1. The lowest BCUT2D eigenvalue weighted by molar-refractivity contribution is 0.477. The van der Waals surface area contributed by atoms with Crippen molar-refractivity contribution in [3.63, 3.8) is 0 Å². The van der Waals surface area contributed by atoms with Crippen LogP contribution in [-0.2, 0) is 5.41 Å². The van der Waals surface area contributed by atoms with Crippen molar-refractivity contribution in [3.8, 4) is 0 Å². The van der Waals surface area contributed by atoms with Gasteiger partial charge < -0.3 is 5.32 Å². The predicted octanol–water partition coefficient (Wildman–Crippen LogP) is 2.84. The summed E-state index contributed by atoms with van der Waals surface area (Å²) in [6.07, 6.45) is 5.58. The molecule has 2 aliphatic rings. The third-order valence-electron chi connectivity index (χ3n) is 3.83. The first-order valence-electron chi connectivity index (χ1n) is 5.61. The maximum Gasteiger partial charge on any atom is 0.0204 e. The zero-order valence-corrected chi connectivity index (χ0v) is 9.49. The lowest BCUT2D eigenvalue weighted by Gasteiger charge is -2.22. The second-order valence-corrected chi connectivity index (χ2v) is 5.65. The van der Waals surface area contributed by atoms with Crippen molar-refractivity contribution in [3.05, 3.63) is 21.9 Å². The fourth-order valence-corrected chi connectivity index (χ4v) is 4.15. The van der Waals surface area contributed by atoms with Crippen molar-refractivity contribution in [2.24, 2.45) is 0 Å². The van der Waals surface area contributed by atoms with Gasteiger partial charge in [0.25, 0.3) is 0 Å². The Balaban J connectivity index is 1.93. The number of hydrogen-bond donors (Lipinski definition) is 1. The highest BCUT2D eigenvalue weighted by atomic mass is 32.1. The summed E-state index contributed by atoms with van der Waals surface area (Å²) in [5, 5.41) is 5.93. The molecule has 0 bridgehead atoms. The van der Waals surface area contributed by atoms with E-state index in [4.69, 9.17) is 0 Å². The minimum atomic E-state index is 0.550. The second kappa shape index (κ2) is 3.07. The Labute approximate surface area is 89.5 Å². The van der Waals surface area contributed by atoms with E-state index in [0.29, 0.717) is 5.41 Å². The molecule has 2 heterocycles. The smallest absolute Gasteiger partial charge is 0.0204 e. The van der Waals surface area contributed by atoms with Gasteiger partial charge in [0.15, 0.2) is 0 Å². The summed E-state index contributed by atoms with van der Waals surface area (Å²) >= 11 is 1.97.